The number of amides is 1. The van der Waals surface area contributed by atoms with Gasteiger partial charge in [0, 0.05) is 35.9 Å². The summed E-state index contributed by atoms with van der Waals surface area (Å²) >= 11 is 1.68. The molecule has 2 heterocycles. The third-order valence-corrected chi connectivity index (χ3v) is 6.12. The average molecular weight is 390 g/mol. The van der Waals surface area contributed by atoms with Gasteiger partial charge in [-0.1, -0.05) is 5.16 Å². The van der Waals surface area contributed by atoms with Crippen molar-refractivity contribution in [3.05, 3.63) is 35.2 Å². The van der Waals surface area contributed by atoms with Crippen LogP contribution in [0.3, 0.4) is 0 Å². The Kier molecular flexibility index (Phi) is 4.90. The van der Waals surface area contributed by atoms with E-state index < -0.39 is 0 Å². The van der Waals surface area contributed by atoms with Gasteiger partial charge in [0.2, 0.25) is 0 Å². The molecule has 0 bridgehead atoms. The maximum atomic E-state index is 13.1. The van der Waals surface area contributed by atoms with E-state index in [0.717, 1.165) is 29.9 Å². The summed E-state index contributed by atoms with van der Waals surface area (Å²) in [5.74, 6) is 3.79. The maximum absolute atomic E-state index is 13.1. The van der Waals surface area contributed by atoms with Crippen LogP contribution in [0.2, 0.25) is 0 Å². The number of ether oxygens (including phenoxy) is 3. The maximum Gasteiger partial charge on any atom is 0.277 e. The summed E-state index contributed by atoms with van der Waals surface area (Å²) in [7, 11) is 4.78. The molecular formula is C19H22N2O5S. The number of methoxy groups -OCH3 is 3. The van der Waals surface area contributed by atoms with E-state index in [4.69, 9.17) is 18.7 Å². The molecule has 0 N–H and O–H groups in total. The average Bonchev–Trinajstić information content (AvgIpc) is 3.23. The van der Waals surface area contributed by atoms with E-state index in [-0.39, 0.29) is 11.3 Å². The fourth-order valence-electron chi connectivity index (χ4n) is 3.28. The second kappa shape index (κ2) is 7.34. The Morgan fingerprint density at radius 2 is 1.81 bits per heavy atom. The molecule has 2 fully saturated rings. The molecule has 8 heteroatoms. The second-order valence-corrected chi connectivity index (χ2v) is 7.75. The Morgan fingerprint density at radius 3 is 2.48 bits per heavy atom. The zero-order valence-electron chi connectivity index (χ0n) is 15.6. The summed E-state index contributed by atoms with van der Waals surface area (Å²) in [5.41, 5.74) is 1.24. The van der Waals surface area contributed by atoms with Gasteiger partial charge in [0.1, 0.15) is 16.9 Å². The van der Waals surface area contributed by atoms with E-state index in [0.29, 0.717) is 35.4 Å². The lowest BCUT2D eigenvalue weighted by molar-refractivity contribution is 0.0748. The number of hydrogen-bond acceptors (Lipinski definition) is 7. The highest BCUT2D eigenvalue weighted by Crippen LogP contribution is 2.46. The summed E-state index contributed by atoms with van der Waals surface area (Å²) in [6, 6.07) is 5.45. The number of aromatic nitrogens is 1. The van der Waals surface area contributed by atoms with Crippen molar-refractivity contribution < 1.29 is 23.5 Å². The molecule has 0 radical (unpaired) electrons. The van der Waals surface area contributed by atoms with Crippen molar-refractivity contribution in [2.45, 2.75) is 24.1 Å². The van der Waals surface area contributed by atoms with Gasteiger partial charge in [-0.2, -0.15) is 0 Å². The summed E-state index contributed by atoms with van der Waals surface area (Å²) in [6.07, 6.45) is 2.21. The molecule has 1 aliphatic carbocycles. The van der Waals surface area contributed by atoms with Crippen LogP contribution in [0.25, 0.3) is 0 Å². The standard InChI is InChI=1S/C19H22N2O5S/c1-23-15-10-17(25-3)16(24-2)8-12(15)19-21(6-7-27-19)18(22)13-9-14(26-20-13)11-4-5-11/h8-11,19H,4-7H2,1-3H3. The first-order valence-electron chi connectivity index (χ1n) is 8.85. The highest BCUT2D eigenvalue weighted by molar-refractivity contribution is 7.99. The van der Waals surface area contributed by atoms with E-state index in [1.54, 1.807) is 45.2 Å². The largest absolute Gasteiger partial charge is 0.496 e. The summed E-state index contributed by atoms with van der Waals surface area (Å²) in [5, 5.41) is 3.82. The summed E-state index contributed by atoms with van der Waals surface area (Å²) in [6.45, 7) is 0.636. The second-order valence-electron chi connectivity index (χ2n) is 6.56. The van der Waals surface area contributed by atoms with Crippen molar-refractivity contribution >= 4 is 17.7 Å². The molecule has 1 aliphatic heterocycles. The molecule has 27 heavy (non-hydrogen) atoms. The Morgan fingerprint density at radius 1 is 1.11 bits per heavy atom. The summed E-state index contributed by atoms with van der Waals surface area (Å²) < 4.78 is 21.7. The van der Waals surface area contributed by atoms with E-state index in [2.05, 4.69) is 5.16 Å². The number of rotatable bonds is 6. The molecule has 1 saturated carbocycles. The molecule has 4 rings (SSSR count). The van der Waals surface area contributed by atoms with Gasteiger partial charge >= 0.3 is 0 Å². The van der Waals surface area contributed by atoms with Crippen LogP contribution in [0.15, 0.2) is 22.7 Å². The first-order chi connectivity index (χ1) is 13.2. The number of carbonyl (C=O) groups excluding carboxylic acids is 1. The molecule has 2 aliphatic rings. The molecule has 1 amide bonds. The van der Waals surface area contributed by atoms with Crippen LogP contribution in [-0.4, -0.2) is 49.6 Å². The Balaban J connectivity index is 1.65. The number of carbonyl (C=O) groups is 1. The van der Waals surface area contributed by atoms with Gasteiger partial charge in [-0.3, -0.25) is 4.79 Å². The van der Waals surface area contributed by atoms with Gasteiger partial charge in [-0.05, 0) is 18.9 Å². The highest BCUT2D eigenvalue weighted by Gasteiger charge is 2.36. The third kappa shape index (κ3) is 3.34. The van der Waals surface area contributed by atoms with Gasteiger partial charge in [-0.15, -0.1) is 11.8 Å². The molecule has 1 aromatic carbocycles. The highest BCUT2D eigenvalue weighted by atomic mass is 32.2. The SMILES string of the molecule is COc1cc(OC)c(C2SCCN2C(=O)c2cc(C3CC3)on2)cc1OC. The lowest BCUT2D eigenvalue weighted by atomic mass is 10.1. The number of benzene rings is 1. The van der Waals surface area contributed by atoms with Crippen LogP contribution in [0.4, 0.5) is 0 Å². The van der Waals surface area contributed by atoms with E-state index in [1.165, 1.54) is 0 Å². The lowest BCUT2D eigenvalue weighted by Gasteiger charge is -2.25. The van der Waals surface area contributed by atoms with Crippen molar-refractivity contribution in [1.82, 2.24) is 10.1 Å². The van der Waals surface area contributed by atoms with Crippen LogP contribution in [0, 0.1) is 0 Å². The van der Waals surface area contributed by atoms with Crippen molar-refractivity contribution in [3.63, 3.8) is 0 Å². The summed E-state index contributed by atoms with van der Waals surface area (Å²) in [4.78, 5) is 14.9. The Bertz CT molecular complexity index is 849. The van der Waals surface area contributed by atoms with Crippen LogP contribution < -0.4 is 14.2 Å². The van der Waals surface area contributed by atoms with Crippen LogP contribution in [-0.2, 0) is 0 Å². The van der Waals surface area contributed by atoms with E-state index >= 15 is 0 Å². The van der Waals surface area contributed by atoms with Crippen molar-refractivity contribution in [1.29, 1.82) is 0 Å². The van der Waals surface area contributed by atoms with E-state index in [1.807, 2.05) is 11.0 Å². The molecule has 2 aromatic rings. The Labute approximate surface area is 161 Å². The van der Waals surface area contributed by atoms with Crippen molar-refractivity contribution in [2.24, 2.45) is 0 Å². The van der Waals surface area contributed by atoms with Crippen LogP contribution in [0.5, 0.6) is 17.2 Å². The van der Waals surface area contributed by atoms with Gasteiger partial charge in [-0.25, -0.2) is 0 Å². The zero-order chi connectivity index (χ0) is 19.0. The lowest BCUT2D eigenvalue weighted by Crippen LogP contribution is -2.30. The van der Waals surface area contributed by atoms with E-state index in [9.17, 15) is 4.79 Å². The first kappa shape index (κ1) is 18.0. The van der Waals surface area contributed by atoms with Gasteiger partial charge in [0.15, 0.2) is 17.2 Å². The fraction of sp³-hybridized carbons (Fsp3) is 0.474. The predicted molar refractivity (Wildman–Crippen MR) is 101 cm³/mol. The van der Waals surface area contributed by atoms with Crippen molar-refractivity contribution in [3.8, 4) is 17.2 Å². The topological polar surface area (TPSA) is 74.0 Å². The minimum absolute atomic E-state index is 0.127. The van der Waals surface area contributed by atoms with Gasteiger partial charge in [0.05, 0.1) is 21.3 Å². The number of nitrogens with zero attached hydrogens (tertiary/aromatic N) is 2. The zero-order valence-corrected chi connectivity index (χ0v) is 16.4. The monoisotopic (exact) mass is 390 g/mol. The Hall–Kier alpha value is -2.35. The third-order valence-electron chi connectivity index (χ3n) is 4.88. The van der Waals surface area contributed by atoms with Crippen LogP contribution >= 0.6 is 11.8 Å². The molecule has 1 saturated heterocycles. The molecule has 0 spiro atoms. The predicted octanol–water partition coefficient (Wildman–Crippen LogP) is 3.47. The number of thioether (sulfide) groups is 1. The first-order valence-corrected chi connectivity index (χ1v) is 9.90. The number of hydrogen-bond donors (Lipinski definition) is 0. The van der Waals surface area contributed by atoms with Crippen molar-refractivity contribution in [2.75, 3.05) is 33.6 Å². The molecular weight excluding hydrogens is 368 g/mol. The minimum atomic E-state index is -0.187. The molecule has 144 valence electrons. The van der Waals surface area contributed by atoms with Gasteiger partial charge < -0.3 is 23.6 Å². The van der Waals surface area contributed by atoms with Gasteiger partial charge in [0.25, 0.3) is 5.91 Å². The minimum Gasteiger partial charge on any atom is -0.496 e. The normalized spacial score (nSPS) is 19.2. The molecule has 1 atom stereocenters. The quantitative estimate of drug-likeness (QED) is 0.748. The fourth-order valence-corrected chi connectivity index (χ4v) is 4.55. The smallest absolute Gasteiger partial charge is 0.277 e. The van der Waals surface area contributed by atoms with Crippen LogP contribution in [0.1, 0.15) is 45.9 Å². The molecule has 1 unspecified atom stereocenters. The molecule has 1 aromatic heterocycles. The molecule has 7 nitrogen and oxygen atoms in total.